The molecule has 1 aliphatic carbocycles. The van der Waals surface area contributed by atoms with E-state index >= 15 is 0 Å². The van der Waals surface area contributed by atoms with Gasteiger partial charge in [-0.3, -0.25) is 9.59 Å². The van der Waals surface area contributed by atoms with Crippen LogP contribution >= 0.6 is 0 Å². The van der Waals surface area contributed by atoms with Gasteiger partial charge in [0, 0.05) is 45.2 Å². The predicted octanol–water partition coefficient (Wildman–Crippen LogP) is 0.989. The molecule has 1 N–H and O–H groups in total. The van der Waals surface area contributed by atoms with Gasteiger partial charge in [-0.25, -0.2) is 0 Å². The molecule has 0 spiro atoms. The Labute approximate surface area is 121 Å². The van der Waals surface area contributed by atoms with Crippen molar-refractivity contribution in [3.63, 3.8) is 0 Å². The number of nitrogens with zero attached hydrogens (tertiary/aromatic N) is 2. The molecular weight excluding hydrogens is 254 g/mol. The van der Waals surface area contributed by atoms with Crippen LogP contribution in [0.3, 0.4) is 0 Å². The van der Waals surface area contributed by atoms with E-state index in [1.807, 2.05) is 4.90 Å². The molecule has 0 aromatic carbocycles. The Bertz CT molecular complexity index is 306. The number of rotatable bonds is 5. The second-order valence-corrected chi connectivity index (χ2v) is 5.91. The molecule has 0 unspecified atom stereocenters. The highest BCUT2D eigenvalue weighted by Gasteiger charge is 2.20. The summed E-state index contributed by atoms with van der Waals surface area (Å²) in [6.07, 6.45) is 9.32. The van der Waals surface area contributed by atoms with E-state index in [2.05, 4.69) is 5.32 Å². The lowest BCUT2D eigenvalue weighted by Gasteiger charge is -2.32. The number of amides is 2. The largest absolute Gasteiger partial charge is 0.342 e. The first-order valence-corrected chi connectivity index (χ1v) is 8.00. The summed E-state index contributed by atoms with van der Waals surface area (Å²) in [6.45, 7) is 3.50. The summed E-state index contributed by atoms with van der Waals surface area (Å²) in [5, 5.41) is 3.54. The normalized spacial score (nSPS) is 21.6. The molecule has 114 valence electrons. The molecule has 0 radical (unpaired) electrons. The highest BCUT2D eigenvalue weighted by molar-refractivity contribution is 5.76. The van der Waals surface area contributed by atoms with Gasteiger partial charge in [0.2, 0.25) is 12.3 Å². The first kappa shape index (κ1) is 15.3. The van der Waals surface area contributed by atoms with E-state index in [0.717, 1.165) is 13.0 Å². The summed E-state index contributed by atoms with van der Waals surface area (Å²) in [7, 11) is 0. The molecule has 2 aliphatic rings. The first-order valence-electron chi connectivity index (χ1n) is 8.00. The predicted molar refractivity (Wildman–Crippen MR) is 78.3 cm³/mol. The molecule has 5 nitrogen and oxygen atoms in total. The highest BCUT2D eigenvalue weighted by Crippen LogP contribution is 2.17. The molecule has 1 aliphatic heterocycles. The van der Waals surface area contributed by atoms with Crippen LogP contribution < -0.4 is 5.32 Å². The fraction of sp³-hybridized carbons (Fsp3) is 0.867. The second-order valence-electron chi connectivity index (χ2n) is 5.91. The van der Waals surface area contributed by atoms with Crippen LogP contribution in [-0.2, 0) is 9.59 Å². The Hall–Kier alpha value is -1.10. The van der Waals surface area contributed by atoms with Crippen LogP contribution in [-0.4, -0.2) is 60.9 Å². The minimum Gasteiger partial charge on any atom is -0.342 e. The maximum Gasteiger partial charge on any atom is 0.223 e. The summed E-state index contributed by atoms with van der Waals surface area (Å²) >= 11 is 0. The molecule has 2 amide bonds. The summed E-state index contributed by atoms with van der Waals surface area (Å²) < 4.78 is 0. The van der Waals surface area contributed by atoms with Crippen molar-refractivity contribution in [2.75, 3.05) is 32.7 Å². The molecule has 1 heterocycles. The fourth-order valence-corrected chi connectivity index (χ4v) is 3.10. The zero-order valence-corrected chi connectivity index (χ0v) is 12.4. The number of hydrogen-bond acceptors (Lipinski definition) is 3. The van der Waals surface area contributed by atoms with Crippen LogP contribution in [0, 0.1) is 0 Å². The van der Waals surface area contributed by atoms with Gasteiger partial charge < -0.3 is 15.1 Å². The average Bonchev–Trinajstić information content (AvgIpc) is 2.76. The number of hydrogen-bond donors (Lipinski definition) is 1. The van der Waals surface area contributed by atoms with Crippen LogP contribution in [0.4, 0.5) is 0 Å². The Morgan fingerprint density at radius 1 is 1.05 bits per heavy atom. The molecule has 20 heavy (non-hydrogen) atoms. The standard InChI is InChI=1S/C15H27N3O2/c19-13-17-9-11-18(12-10-17)15(20)7-8-16-14-5-3-1-2-4-6-14/h13-14,16H,1-12H2. The molecule has 0 aromatic heterocycles. The highest BCUT2D eigenvalue weighted by atomic mass is 16.2. The molecule has 0 bridgehead atoms. The van der Waals surface area contributed by atoms with Gasteiger partial charge in [0.15, 0.2) is 0 Å². The van der Waals surface area contributed by atoms with E-state index in [0.29, 0.717) is 38.6 Å². The molecule has 2 rings (SSSR count). The third-order valence-electron chi connectivity index (χ3n) is 4.44. The van der Waals surface area contributed by atoms with Crippen molar-refractivity contribution in [3.05, 3.63) is 0 Å². The van der Waals surface area contributed by atoms with E-state index in [-0.39, 0.29) is 5.91 Å². The Kier molecular flexibility index (Phi) is 6.30. The minimum atomic E-state index is 0.219. The molecule has 5 heteroatoms. The number of carbonyl (C=O) groups excluding carboxylic acids is 2. The van der Waals surface area contributed by atoms with Crippen molar-refractivity contribution in [1.29, 1.82) is 0 Å². The summed E-state index contributed by atoms with van der Waals surface area (Å²) in [4.78, 5) is 26.3. The van der Waals surface area contributed by atoms with Gasteiger partial charge in [-0.1, -0.05) is 25.7 Å². The number of nitrogens with one attached hydrogen (secondary N) is 1. The molecule has 1 saturated carbocycles. The average molecular weight is 281 g/mol. The molecule has 2 fully saturated rings. The maximum absolute atomic E-state index is 12.1. The third-order valence-corrected chi connectivity index (χ3v) is 4.44. The lowest BCUT2D eigenvalue weighted by atomic mass is 10.1. The van der Waals surface area contributed by atoms with E-state index in [4.69, 9.17) is 0 Å². The van der Waals surface area contributed by atoms with Crippen molar-refractivity contribution in [1.82, 2.24) is 15.1 Å². The van der Waals surface area contributed by atoms with Crippen molar-refractivity contribution < 1.29 is 9.59 Å². The Balaban J connectivity index is 1.61. The van der Waals surface area contributed by atoms with Crippen LogP contribution in [0.2, 0.25) is 0 Å². The summed E-state index contributed by atoms with van der Waals surface area (Å²) in [5.41, 5.74) is 0. The molecule has 0 aromatic rings. The van der Waals surface area contributed by atoms with Crippen LogP contribution in [0.1, 0.15) is 44.9 Å². The SMILES string of the molecule is O=CN1CCN(C(=O)CCNC2CCCCCC2)CC1. The topological polar surface area (TPSA) is 52.7 Å². The lowest BCUT2D eigenvalue weighted by Crippen LogP contribution is -2.48. The van der Waals surface area contributed by atoms with Gasteiger partial charge in [0.05, 0.1) is 0 Å². The number of carbonyl (C=O) groups is 2. The molecular formula is C15H27N3O2. The quantitative estimate of drug-likeness (QED) is 0.604. The number of piperazine rings is 1. The monoisotopic (exact) mass is 281 g/mol. The fourth-order valence-electron chi connectivity index (χ4n) is 3.10. The molecule has 1 saturated heterocycles. The lowest BCUT2D eigenvalue weighted by molar-refractivity contribution is -0.135. The van der Waals surface area contributed by atoms with Gasteiger partial charge in [-0.05, 0) is 12.8 Å². The van der Waals surface area contributed by atoms with Crippen molar-refractivity contribution in [2.24, 2.45) is 0 Å². The summed E-state index contributed by atoms with van der Waals surface area (Å²) in [5.74, 6) is 0.219. The summed E-state index contributed by atoms with van der Waals surface area (Å²) in [6, 6.07) is 0.609. The van der Waals surface area contributed by atoms with Crippen LogP contribution in [0.25, 0.3) is 0 Å². The Morgan fingerprint density at radius 2 is 1.70 bits per heavy atom. The van der Waals surface area contributed by atoms with Crippen LogP contribution in [0.5, 0.6) is 0 Å². The van der Waals surface area contributed by atoms with Gasteiger partial charge in [0.1, 0.15) is 0 Å². The van der Waals surface area contributed by atoms with Gasteiger partial charge in [0.25, 0.3) is 0 Å². The van der Waals surface area contributed by atoms with E-state index < -0.39 is 0 Å². The van der Waals surface area contributed by atoms with Gasteiger partial charge in [-0.2, -0.15) is 0 Å². The second kappa shape index (κ2) is 8.25. The maximum atomic E-state index is 12.1. The smallest absolute Gasteiger partial charge is 0.223 e. The van der Waals surface area contributed by atoms with E-state index in [1.165, 1.54) is 38.5 Å². The Morgan fingerprint density at radius 3 is 2.30 bits per heavy atom. The zero-order chi connectivity index (χ0) is 14.2. The van der Waals surface area contributed by atoms with E-state index in [1.54, 1.807) is 4.90 Å². The van der Waals surface area contributed by atoms with E-state index in [9.17, 15) is 9.59 Å². The van der Waals surface area contributed by atoms with Gasteiger partial charge >= 0.3 is 0 Å². The van der Waals surface area contributed by atoms with Crippen LogP contribution in [0.15, 0.2) is 0 Å². The zero-order valence-electron chi connectivity index (χ0n) is 12.4. The first-order chi connectivity index (χ1) is 9.79. The molecule has 0 atom stereocenters. The van der Waals surface area contributed by atoms with Gasteiger partial charge in [-0.15, -0.1) is 0 Å². The van der Waals surface area contributed by atoms with Crippen molar-refractivity contribution in [2.45, 2.75) is 51.0 Å². The van der Waals surface area contributed by atoms with Crippen molar-refractivity contribution in [3.8, 4) is 0 Å². The minimum absolute atomic E-state index is 0.219. The van der Waals surface area contributed by atoms with Crippen molar-refractivity contribution >= 4 is 12.3 Å². The third kappa shape index (κ3) is 4.78.